The van der Waals surface area contributed by atoms with E-state index in [4.69, 9.17) is 5.11 Å². The molecule has 0 aromatic heterocycles. The van der Waals surface area contributed by atoms with Crippen LogP contribution in [0.2, 0.25) is 0 Å². The van der Waals surface area contributed by atoms with E-state index >= 15 is 0 Å². The molecular formula is C11H13BrN2O3. The van der Waals surface area contributed by atoms with Gasteiger partial charge in [0, 0.05) is 11.0 Å². The highest BCUT2D eigenvalue weighted by molar-refractivity contribution is 9.10. The van der Waals surface area contributed by atoms with E-state index in [0.29, 0.717) is 5.69 Å². The third-order valence-corrected chi connectivity index (χ3v) is 3.12. The minimum absolute atomic E-state index is 0.0948. The summed E-state index contributed by atoms with van der Waals surface area (Å²) >= 11 is 3.36. The van der Waals surface area contributed by atoms with Crippen LogP contribution < -0.4 is 10.6 Å². The second-order valence-electron chi connectivity index (χ2n) is 3.46. The summed E-state index contributed by atoms with van der Waals surface area (Å²) in [6.07, 6.45) is -0.0948. The van der Waals surface area contributed by atoms with Crippen molar-refractivity contribution in [2.75, 3.05) is 11.9 Å². The third kappa shape index (κ3) is 4.44. The summed E-state index contributed by atoms with van der Waals surface area (Å²) in [4.78, 5) is 21.7. The SMILES string of the molecule is Cc1cccc(NC(=O)NCCC(=O)O)c1Br. The van der Waals surface area contributed by atoms with Crippen molar-refractivity contribution in [2.24, 2.45) is 0 Å². The quantitative estimate of drug-likeness (QED) is 0.799. The third-order valence-electron chi connectivity index (χ3n) is 2.06. The number of carboxylic acids is 1. The fourth-order valence-corrected chi connectivity index (χ4v) is 1.56. The highest BCUT2D eigenvalue weighted by Crippen LogP contribution is 2.25. The Kier molecular flexibility index (Phi) is 4.96. The Bertz CT molecular complexity index is 435. The van der Waals surface area contributed by atoms with Gasteiger partial charge in [-0.05, 0) is 34.5 Å². The number of rotatable bonds is 4. The first-order valence-corrected chi connectivity index (χ1v) is 5.81. The maximum Gasteiger partial charge on any atom is 0.319 e. The van der Waals surface area contributed by atoms with Gasteiger partial charge >= 0.3 is 12.0 Å². The summed E-state index contributed by atoms with van der Waals surface area (Å²) in [7, 11) is 0. The molecule has 1 rings (SSSR count). The van der Waals surface area contributed by atoms with Crippen LogP contribution in [0.4, 0.5) is 10.5 Å². The Hall–Kier alpha value is -1.56. The molecule has 92 valence electrons. The zero-order valence-corrected chi connectivity index (χ0v) is 10.9. The molecule has 0 spiro atoms. The second-order valence-corrected chi connectivity index (χ2v) is 4.25. The highest BCUT2D eigenvalue weighted by atomic mass is 79.9. The first kappa shape index (κ1) is 13.5. The van der Waals surface area contributed by atoms with Crippen LogP contribution in [-0.2, 0) is 4.79 Å². The minimum atomic E-state index is -0.943. The van der Waals surface area contributed by atoms with E-state index in [1.807, 2.05) is 19.1 Å². The lowest BCUT2D eigenvalue weighted by Gasteiger charge is -2.09. The number of halogens is 1. The van der Waals surface area contributed by atoms with Crippen molar-refractivity contribution < 1.29 is 14.7 Å². The largest absolute Gasteiger partial charge is 0.481 e. The lowest BCUT2D eigenvalue weighted by molar-refractivity contribution is -0.136. The van der Waals surface area contributed by atoms with Gasteiger partial charge in [0.2, 0.25) is 0 Å². The molecule has 0 atom stereocenters. The summed E-state index contributed by atoms with van der Waals surface area (Å²) in [5.41, 5.74) is 1.66. The van der Waals surface area contributed by atoms with Gasteiger partial charge in [-0.3, -0.25) is 4.79 Å². The van der Waals surface area contributed by atoms with Crippen molar-refractivity contribution in [3.8, 4) is 0 Å². The summed E-state index contributed by atoms with van der Waals surface area (Å²) < 4.78 is 0.813. The molecule has 5 nitrogen and oxygen atoms in total. The number of urea groups is 1. The molecule has 0 saturated carbocycles. The number of benzene rings is 1. The van der Waals surface area contributed by atoms with E-state index < -0.39 is 12.0 Å². The molecule has 6 heteroatoms. The number of carbonyl (C=O) groups excluding carboxylic acids is 1. The maximum absolute atomic E-state index is 11.4. The second kappa shape index (κ2) is 6.24. The summed E-state index contributed by atoms with van der Waals surface area (Å²) in [5, 5.41) is 13.5. The highest BCUT2D eigenvalue weighted by Gasteiger charge is 2.06. The molecule has 0 aliphatic heterocycles. The number of nitrogens with one attached hydrogen (secondary N) is 2. The molecule has 0 aliphatic rings. The van der Waals surface area contributed by atoms with Gasteiger partial charge in [-0.15, -0.1) is 0 Å². The van der Waals surface area contributed by atoms with Crippen LogP contribution in [-0.4, -0.2) is 23.7 Å². The maximum atomic E-state index is 11.4. The van der Waals surface area contributed by atoms with Gasteiger partial charge < -0.3 is 15.7 Å². The molecule has 2 amide bonds. The number of aryl methyl sites for hydroxylation is 1. The number of aliphatic carboxylic acids is 1. The number of hydrogen-bond acceptors (Lipinski definition) is 2. The van der Waals surface area contributed by atoms with E-state index in [0.717, 1.165) is 10.0 Å². The van der Waals surface area contributed by atoms with Crippen molar-refractivity contribution in [1.82, 2.24) is 5.32 Å². The van der Waals surface area contributed by atoms with Gasteiger partial charge in [0.05, 0.1) is 12.1 Å². The topological polar surface area (TPSA) is 78.4 Å². The normalized spacial score (nSPS) is 9.76. The van der Waals surface area contributed by atoms with Crippen LogP contribution in [0.1, 0.15) is 12.0 Å². The molecule has 0 bridgehead atoms. The lowest BCUT2D eigenvalue weighted by Crippen LogP contribution is -2.30. The van der Waals surface area contributed by atoms with Gasteiger partial charge in [-0.1, -0.05) is 12.1 Å². The van der Waals surface area contributed by atoms with Gasteiger partial charge in [-0.2, -0.15) is 0 Å². The molecule has 3 N–H and O–H groups in total. The summed E-state index contributed by atoms with van der Waals surface area (Å²) in [5.74, 6) is -0.943. The molecule has 0 fully saturated rings. The average molecular weight is 301 g/mol. The predicted octanol–water partition coefficient (Wildman–Crippen LogP) is 2.35. The number of amides is 2. The van der Waals surface area contributed by atoms with Gasteiger partial charge in [0.1, 0.15) is 0 Å². The number of carboxylic acid groups (broad SMARTS) is 1. The van der Waals surface area contributed by atoms with Crippen molar-refractivity contribution in [2.45, 2.75) is 13.3 Å². The van der Waals surface area contributed by atoms with Crippen LogP contribution >= 0.6 is 15.9 Å². The Morgan fingerprint density at radius 1 is 1.41 bits per heavy atom. The first-order chi connectivity index (χ1) is 8.00. The Morgan fingerprint density at radius 3 is 2.76 bits per heavy atom. The number of hydrogen-bond donors (Lipinski definition) is 3. The van der Waals surface area contributed by atoms with E-state index in [9.17, 15) is 9.59 Å². The van der Waals surface area contributed by atoms with Gasteiger partial charge in [0.25, 0.3) is 0 Å². The van der Waals surface area contributed by atoms with Crippen LogP contribution in [0.3, 0.4) is 0 Å². The van der Waals surface area contributed by atoms with Crippen molar-refractivity contribution in [3.63, 3.8) is 0 Å². The van der Waals surface area contributed by atoms with Crippen LogP contribution in [0.5, 0.6) is 0 Å². The Labute approximate surface area is 107 Å². The molecule has 1 aromatic carbocycles. The molecule has 0 unspecified atom stereocenters. The van der Waals surface area contributed by atoms with Crippen LogP contribution in [0, 0.1) is 6.92 Å². The minimum Gasteiger partial charge on any atom is -0.481 e. The van der Waals surface area contributed by atoms with E-state index in [1.54, 1.807) is 6.07 Å². The van der Waals surface area contributed by atoms with Gasteiger partial charge in [-0.25, -0.2) is 4.79 Å². The number of carbonyl (C=O) groups is 2. The zero-order chi connectivity index (χ0) is 12.8. The molecule has 17 heavy (non-hydrogen) atoms. The summed E-state index contributed by atoms with van der Waals surface area (Å²) in [6, 6.07) is 5.08. The van der Waals surface area contributed by atoms with Crippen molar-refractivity contribution >= 4 is 33.6 Å². The Balaban J connectivity index is 2.51. The summed E-state index contributed by atoms with van der Waals surface area (Å²) in [6.45, 7) is 2.02. The first-order valence-electron chi connectivity index (χ1n) is 5.02. The Morgan fingerprint density at radius 2 is 2.12 bits per heavy atom. The van der Waals surface area contributed by atoms with E-state index in [1.165, 1.54) is 0 Å². The average Bonchev–Trinajstić information content (AvgIpc) is 2.24. The van der Waals surface area contributed by atoms with Crippen LogP contribution in [0.25, 0.3) is 0 Å². The molecule has 0 saturated heterocycles. The van der Waals surface area contributed by atoms with Crippen molar-refractivity contribution in [1.29, 1.82) is 0 Å². The molecule has 0 aliphatic carbocycles. The fraction of sp³-hybridized carbons (Fsp3) is 0.273. The predicted molar refractivity (Wildman–Crippen MR) is 68.2 cm³/mol. The smallest absolute Gasteiger partial charge is 0.319 e. The van der Waals surface area contributed by atoms with Gasteiger partial charge in [0.15, 0.2) is 0 Å². The molecular weight excluding hydrogens is 288 g/mol. The standard InChI is InChI=1S/C11H13BrN2O3/c1-7-3-2-4-8(10(7)12)14-11(17)13-6-5-9(15)16/h2-4H,5-6H2,1H3,(H,15,16)(H2,13,14,17). The lowest BCUT2D eigenvalue weighted by atomic mass is 10.2. The van der Waals surface area contributed by atoms with Crippen LogP contribution in [0.15, 0.2) is 22.7 Å². The number of anilines is 1. The van der Waals surface area contributed by atoms with E-state index in [-0.39, 0.29) is 13.0 Å². The molecule has 0 heterocycles. The molecule has 0 radical (unpaired) electrons. The van der Waals surface area contributed by atoms with Crippen molar-refractivity contribution in [3.05, 3.63) is 28.2 Å². The van der Waals surface area contributed by atoms with E-state index in [2.05, 4.69) is 26.6 Å². The zero-order valence-electron chi connectivity index (χ0n) is 9.29. The molecule has 1 aromatic rings. The monoisotopic (exact) mass is 300 g/mol. The fourth-order valence-electron chi connectivity index (χ4n) is 1.19.